The predicted octanol–water partition coefficient (Wildman–Crippen LogP) is 3.56. The van der Waals surface area contributed by atoms with Gasteiger partial charge in [0, 0.05) is 17.8 Å². The van der Waals surface area contributed by atoms with E-state index in [9.17, 15) is 21.6 Å². The Morgan fingerprint density at radius 2 is 1.87 bits per heavy atom. The summed E-state index contributed by atoms with van der Waals surface area (Å²) in [5.41, 5.74) is 5.38. The highest BCUT2D eigenvalue weighted by atomic mass is 35.5. The van der Waals surface area contributed by atoms with E-state index in [-0.39, 0.29) is 40.3 Å². The Morgan fingerprint density at radius 3 is 2.42 bits per heavy atom. The smallest absolute Gasteiger partial charge is 0.368 e. The minimum Gasteiger partial charge on any atom is -0.368 e. The van der Waals surface area contributed by atoms with Crippen molar-refractivity contribution in [2.75, 3.05) is 23.9 Å². The van der Waals surface area contributed by atoms with E-state index >= 15 is 0 Å². The van der Waals surface area contributed by atoms with Gasteiger partial charge in [-0.1, -0.05) is 35.9 Å². The number of hydrogen-bond donors (Lipinski definition) is 4. The molecular formula is C18H18ClF3N6O2S. The first-order chi connectivity index (χ1) is 14.4. The van der Waals surface area contributed by atoms with Gasteiger partial charge in [0.2, 0.25) is 21.9 Å². The Balaban J connectivity index is 1.90. The Kier molecular flexibility index (Phi) is 6.43. The first-order valence-electron chi connectivity index (χ1n) is 8.82. The molecule has 0 aliphatic heterocycles. The van der Waals surface area contributed by atoms with E-state index in [4.69, 9.17) is 17.3 Å². The quantitative estimate of drug-likeness (QED) is 0.415. The van der Waals surface area contributed by atoms with Crippen molar-refractivity contribution in [2.45, 2.75) is 12.6 Å². The van der Waals surface area contributed by atoms with Gasteiger partial charge in [0.05, 0.1) is 16.8 Å². The third-order valence-corrected chi connectivity index (χ3v) is 5.20. The highest BCUT2D eigenvalue weighted by Gasteiger charge is 2.35. The lowest BCUT2D eigenvalue weighted by molar-refractivity contribution is -0.137. The van der Waals surface area contributed by atoms with Gasteiger partial charge < -0.3 is 11.1 Å². The fourth-order valence-corrected chi connectivity index (χ4v) is 3.68. The number of aromatic nitrogens is 3. The monoisotopic (exact) mass is 474 g/mol. The molecule has 166 valence electrons. The van der Waals surface area contributed by atoms with E-state index in [0.29, 0.717) is 6.42 Å². The number of halogens is 4. The van der Waals surface area contributed by atoms with Crippen molar-refractivity contribution in [1.29, 1.82) is 0 Å². The second-order valence-corrected chi connectivity index (χ2v) is 8.90. The first-order valence-corrected chi connectivity index (χ1v) is 11.1. The summed E-state index contributed by atoms with van der Waals surface area (Å²) in [4.78, 5) is 3.79. The van der Waals surface area contributed by atoms with Crippen molar-refractivity contribution < 1.29 is 21.6 Å². The Hall–Kier alpha value is -2.83. The third kappa shape index (κ3) is 6.09. The fraction of sp³-hybridized carbons (Fsp3) is 0.222. The maximum Gasteiger partial charge on any atom is 0.417 e. The molecule has 1 heterocycles. The summed E-state index contributed by atoms with van der Waals surface area (Å²) >= 11 is 6.23. The number of hydrogen-bond acceptors (Lipinski definition) is 6. The van der Waals surface area contributed by atoms with E-state index in [2.05, 4.69) is 25.2 Å². The Labute approximate surface area is 181 Å². The second-order valence-electron chi connectivity index (χ2n) is 6.66. The van der Waals surface area contributed by atoms with Gasteiger partial charge in [0.25, 0.3) is 0 Å². The molecule has 31 heavy (non-hydrogen) atoms. The number of benzene rings is 2. The summed E-state index contributed by atoms with van der Waals surface area (Å²) in [5.74, 6) is 0.00887. The SMILES string of the molecule is CS(=O)(=O)NCCc1ccc(-c2c(Cl)cc(Nc3n[nH]c(N)n3)cc2C(F)(F)F)cc1. The van der Waals surface area contributed by atoms with E-state index in [1.807, 2.05) is 0 Å². The molecule has 5 N–H and O–H groups in total. The average molecular weight is 475 g/mol. The molecule has 3 aromatic rings. The number of anilines is 3. The molecule has 0 saturated carbocycles. The van der Waals surface area contributed by atoms with Gasteiger partial charge in [0.1, 0.15) is 0 Å². The number of nitrogens with two attached hydrogens (primary N) is 1. The van der Waals surface area contributed by atoms with Crippen molar-refractivity contribution in [2.24, 2.45) is 0 Å². The summed E-state index contributed by atoms with van der Waals surface area (Å²) in [6.07, 6.45) is -3.24. The average Bonchev–Trinajstić information content (AvgIpc) is 3.05. The van der Waals surface area contributed by atoms with Crippen LogP contribution in [0.5, 0.6) is 0 Å². The minimum absolute atomic E-state index is 0.00139. The minimum atomic E-state index is -4.67. The number of nitrogen functional groups attached to an aromatic ring is 1. The van der Waals surface area contributed by atoms with Crippen LogP contribution in [-0.2, 0) is 22.6 Å². The van der Waals surface area contributed by atoms with Crippen molar-refractivity contribution in [3.8, 4) is 11.1 Å². The van der Waals surface area contributed by atoms with E-state index in [1.54, 1.807) is 12.1 Å². The van der Waals surface area contributed by atoms with Gasteiger partial charge in [-0.25, -0.2) is 18.2 Å². The van der Waals surface area contributed by atoms with Crippen LogP contribution in [0.4, 0.5) is 30.8 Å². The Bertz CT molecular complexity index is 1180. The van der Waals surface area contributed by atoms with Crippen molar-refractivity contribution in [3.63, 3.8) is 0 Å². The van der Waals surface area contributed by atoms with Gasteiger partial charge in [0.15, 0.2) is 0 Å². The van der Waals surface area contributed by atoms with E-state index in [0.717, 1.165) is 17.9 Å². The molecule has 0 aliphatic rings. The number of nitrogens with one attached hydrogen (secondary N) is 3. The van der Waals surface area contributed by atoms with Crippen molar-refractivity contribution in [1.82, 2.24) is 19.9 Å². The van der Waals surface area contributed by atoms with Crippen LogP contribution in [0.3, 0.4) is 0 Å². The zero-order valence-corrected chi connectivity index (χ0v) is 17.7. The number of sulfonamides is 1. The molecule has 0 saturated heterocycles. The number of alkyl halides is 3. The highest BCUT2D eigenvalue weighted by molar-refractivity contribution is 7.88. The topological polar surface area (TPSA) is 126 Å². The van der Waals surface area contributed by atoms with Crippen LogP contribution in [0.25, 0.3) is 11.1 Å². The van der Waals surface area contributed by atoms with Crippen molar-refractivity contribution in [3.05, 3.63) is 52.5 Å². The predicted molar refractivity (Wildman–Crippen MR) is 113 cm³/mol. The number of H-pyrrole nitrogens is 1. The van der Waals surface area contributed by atoms with Crippen LogP contribution in [0.1, 0.15) is 11.1 Å². The number of rotatable bonds is 7. The molecule has 0 radical (unpaired) electrons. The molecule has 1 aromatic heterocycles. The molecule has 2 aromatic carbocycles. The van der Waals surface area contributed by atoms with Gasteiger partial charge in [-0.2, -0.15) is 18.2 Å². The van der Waals surface area contributed by atoms with Gasteiger partial charge in [-0.15, -0.1) is 5.10 Å². The maximum absolute atomic E-state index is 13.8. The molecular weight excluding hydrogens is 457 g/mol. The largest absolute Gasteiger partial charge is 0.417 e. The second kappa shape index (κ2) is 8.73. The van der Waals surface area contributed by atoms with E-state index in [1.165, 1.54) is 18.2 Å². The molecule has 0 spiro atoms. The van der Waals surface area contributed by atoms with Crippen LogP contribution in [0.2, 0.25) is 5.02 Å². The molecule has 3 rings (SSSR count). The third-order valence-electron chi connectivity index (χ3n) is 4.18. The van der Waals surface area contributed by atoms with Crippen LogP contribution in [0, 0.1) is 0 Å². The fourth-order valence-electron chi connectivity index (χ4n) is 2.87. The number of nitrogens with zero attached hydrogens (tertiary/aromatic N) is 2. The van der Waals surface area contributed by atoms with Crippen molar-refractivity contribution >= 4 is 39.2 Å². The molecule has 0 amide bonds. The van der Waals surface area contributed by atoms with E-state index < -0.39 is 21.8 Å². The summed E-state index contributed by atoms with van der Waals surface area (Å²) < 4.78 is 66.0. The maximum atomic E-state index is 13.8. The normalized spacial score (nSPS) is 12.2. The molecule has 0 unspecified atom stereocenters. The molecule has 8 nitrogen and oxygen atoms in total. The summed E-state index contributed by atoms with van der Waals surface area (Å²) in [5, 5.41) is 8.61. The summed E-state index contributed by atoms with van der Waals surface area (Å²) in [7, 11) is -3.31. The molecule has 0 bridgehead atoms. The van der Waals surface area contributed by atoms with Gasteiger partial charge in [-0.05, 0) is 29.7 Å². The van der Waals surface area contributed by atoms with Crippen LogP contribution in [0.15, 0.2) is 36.4 Å². The summed E-state index contributed by atoms with van der Waals surface area (Å²) in [6, 6.07) is 8.52. The Morgan fingerprint density at radius 1 is 1.19 bits per heavy atom. The van der Waals surface area contributed by atoms with Crippen LogP contribution >= 0.6 is 11.6 Å². The van der Waals surface area contributed by atoms with Gasteiger partial charge in [-0.3, -0.25) is 0 Å². The standard InChI is InChI=1S/C18H18ClF3N6O2S/c1-31(29,30)24-7-6-10-2-4-11(5-3-10)15-13(18(20,21)22)8-12(9-14(15)19)25-17-26-16(23)27-28-17/h2-5,8-9,24H,6-7H2,1H3,(H4,23,25,26,27,28). The van der Waals surface area contributed by atoms with Crippen LogP contribution in [-0.4, -0.2) is 36.4 Å². The zero-order chi connectivity index (χ0) is 22.8. The van der Waals surface area contributed by atoms with Crippen LogP contribution < -0.4 is 15.8 Å². The highest BCUT2D eigenvalue weighted by Crippen LogP contribution is 2.43. The lowest BCUT2D eigenvalue weighted by Crippen LogP contribution is -2.24. The first kappa shape index (κ1) is 22.8. The lowest BCUT2D eigenvalue weighted by Gasteiger charge is -2.17. The molecule has 0 fully saturated rings. The molecule has 13 heteroatoms. The molecule has 0 atom stereocenters. The zero-order valence-electron chi connectivity index (χ0n) is 16.1. The summed E-state index contributed by atoms with van der Waals surface area (Å²) in [6.45, 7) is 0.179. The number of aromatic amines is 1. The lowest BCUT2D eigenvalue weighted by atomic mass is 9.97. The van der Waals surface area contributed by atoms with Gasteiger partial charge >= 0.3 is 6.18 Å². The molecule has 0 aliphatic carbocycles.